The smallest absolute Gasteiger partial charge is 0.220 e. The van der Waals surface area contributed by atoms with Gasteiger partial charge in [-0.2, -0.15) is 0 Å². The van der Waals surface area contributed by atoms with Gasteiger partial charge in [0.2, 0.25) is 6.85 Å². The quantitative estimate of drug-likeness (QED) is 0.503. The van der Waals surface area contributed by atoms with Crippen LogP contribution in [0.1, 0.15) is 26.7 Å². The van der Waals surface area contributed by atoms with Crippen molar-refractivity contribution in [3.8, 4) is 0 Å². The van der Waals surface area contributed by atoms with E-state index in [-0.39, 0.29) is 0 Å². The van der Waals surface area contributed by atoms with Crippen molar-refractivity contribution in [2.24, 2.45) is 0 Å². The molecule has 0 amide bonds. The lowest BCUT2D eigenvalue weighted by molar-refractivity contribution is 0.336. The molecule has 1 fully saturated rings. The summed E-state index contributed by atoms with van der Waals surface area (Å²) in [5.41, 5.74) is 0. The standard InChI is InChI=1S/C8H18BN/c1-8(2)10-7-5-4-6-9(10)3/h8H,4-7H2,1-3H3. The second-order valence-corrected chi connectivity index (χ2v) is 3.68. The molecular weight excluding hydrogens is 121 g/mol. The van der Waals surface area contributed by atoms with Gasteiger partial charge >= 0.3 is 0 Å². The van der Waals surface area contributed by atoms with E-state index in [1.54, 1.807) is 0 Å². The fourth-order valence-electron chi connectivity index (χ4n) is 1.89. The Morgan fingerprint density at radius 3 is 2.40 bits per heavy atom. The first-order valence-electron chi connectivity index (χ1n) is 4.47. The van der Waals surface area contributed by atoms with E-state index >= 15 is 0 Å². The average molecular weight is 139 g/mol. The lowest BCUT2D eigenvalue weighted by Crippen LogP contribution is -2.45. The number of hydrogen-bond acceptors (Lipinski definition) is 1. The van der Waals surface area contributed by atoms with Gasteiger partial charge in [0, 0.05) is 0 Å². The highest BCUT2D eigenvalue weighted by atomic mass is 15.1. The fourth-order valence-corrected chi connectivity index (χ4v) is 1.89. The SMILES string of the molecule is CB1CCCCN1C(C)C. The topological polar surface area (TPSA) is 3.24 Å². The molecule has 0 atom stereocenters. The van der Waals surface area contributed by atoms with Gasteiger partial charge in [0.05, 0.1) is 0 Å². The maximum absolute atomic E-state index is 2.60. The third-order valence-corrected chi connectivity index (χ3v) is 2.52. The van der Waals surface area contributed by atoms with E-state index in [1.807, 2.05) is 0 Å². The summed E-state index contributed by atoms with van der Waals surface area (Å²) in [5, 5.41) is 0. The third kappa shape index (κ3) is 1.75. The van der Waals surface area contributed by atoms with Gasteiger partial charge in [0.15, 0.2) is 0 Å². The summed E-state index contributed by atoms with van der Waals surface area (Å²) >= 11 is 0. The van der Waals surface area contributed by atoms with Crippen molar-refractivity contribution in [2.75, 3.05) is 6.54 Å². The highest BCUT2D eigenvalue weighted by Crippen LogP contribution is 2.16. The Kier molecular flexibility index (Phi) is 2.78. The van der Waals surface area contributed by atoms with Crippen LogP contribution < -0.4 is 0 Å². The van der Waals surface area contributed by atoms with Crippen molar-refractivity contribution < 1.29 is 0 Å². The Bertz CT molecular complexity index is 103. The predicted molar refractivity (Wildman–Crippen MR) is 47.5 cm³/mol. The van der Waals surface area contributed by atoms with Gasteiger partial charge in [0.1, 0.15) is 0 Å². The molecule has 0 aromatic rings. The van der Waals surface area contributed by atoms with Gasteiger partial charge in [-0.15, -0.1) is 0 Å². The highest BCUT2D eigenvalue weighted by Gasteiger charge is 2.22. The lowest BCUT2D eigenvalue weighted by atomic mass is 9.56. The third-order valence-electron chi connectivity index (χ3n) is 2.52. The molecule has 1 nitrogen and oxygen atoms in total. The first-order valence-corrected chi connectivity index (χ1v) is 4.47. The van der Waals surface area contributed by atoms with E-state index in [0.717, 1.165) is 12.9 Å². The van der Waals surface area contributed by atoms with Crippen molar-refractivity contribution in [3.05, 3.63) is 0 Å². The molecule has 0 bridgehead atoms. The largest absolute Gasteiger partial charge is 0.340 e. The zero-order valence-corrected chi connectivity index (χ0v) is 7.43. The van der Waals surface area contributed by atoms with E-state index < -0.39 is 0 Å². The van der Waals surface area contributed by atoms with E-state index in [0.29, 0.717) is 0 Å². The van der Waals surface area contributed by atoms with Crippen LogP contribution in [0, 0.1) is 0 Å². The predicted octanol–water partition coefficient (Wildman–Crippen LogP) is 2.11. The second kappa shape index (κ2) is 3.43. The monoisotopic (exact) mass is 139 g/mol. The molecule has 0 aliphatic carbocycles. The highest BCUT2D eigenvalue weighted by molar-refractivity contribution is 6.54. The Hall–Kier alpha value is 0.0249. The molecule has 0 unspecified atom stereocenters. The van der Waals surface area contributed by atoms with Crippen LogP contribution in [0.15, 0.2) is 0 Å². The van der Waals surface area contributed by atoms with Gasteiger partial charge in [-0.05, 0) is 19.0 Å². The molecule has 1 rings (SSSR count). The molecule has 0 saturated carbocycles. The Morgan fingerprint density at radius 2 is 2.00 bits per heavy atom. The van der Waals surface area contributed by atoms with E-state index in [1.165, 1.54) is 25.7 Å². The van der Waals surface area contributed by atoms with E-state index in [2.05, 4.69) is 25.5 Å². The number of rotatable bonds is 1. The molecule has 0 aromatic heterocycles. The zero-order valence-electron chi connectivity index (χ0n) is 7.43. The molecule has 2 heteroatoms. The number of hydrogen-bond donors (Lipinski definition) is 0. The zero-order chi connectivity index (χ0) is 7.56. The molecule has 1 aliphatic heterocycles. The van der Waals surface area contributed by atoms with Gasteiger partial charge in [-0.25, -0.2) is 0 Å². The molecule has 0 aromatic carbocycles. The van der Waals surface area contributed by atoms with Crippen molar-refractivity contribution >= 4 is 6.85 Å². The number of nitrogens with zero attached hydrogens (tertiary/aromatic N) is 1. The van der Waals surface area contributed by atoms with E-state index in [4.69, 9.17) is 0 Å². The van der Waals surface area contributed by atoms with Crippen LogP contribution in [0.25, 0.3) is 0 Å². The fraction of sp³-hybridized carbons (Fsp3) is 1.00. The van der Waals surface area contributed by atoms with Gasteiger partial charge in [-0.3, -0.25) is 0 Å². The van der Waals surface area contributed by atoms with Crippen LogP contribution in [0.4, 0.5) is 0 Å². The van der Waals surface area contributed by atoms with Crippen molar-refractivity contribution in [2.45, 2.75) is 45.9 Å². The van der Waals surface area contributed by atoms with Crippen molar-refractivity contribution in [1.29, 1.82) is 0 Å². The molecule has 1 heterocycles. The summed E-state index contributed by atoms with van der Waals surface area (Å²) in [6.45, 7) is 9.08. The normalized spacial score (nSPS) is 22.2. The van der Waals surface area contributed by atoms with Crippen molar-refractivity contribution in [3.63, 3.8) is 0 Å². The van der Waals surface area contributed by atoms with Crippen LogP contribution in [0.3, 0.4) is 0 Å². The molecule has 10 heavy (non-hydrogen) atoms. The molecule has 0 radical (unpaired) electrons. The van der Waals surface area contributed by atoms with Crippen molar-refractivity contribution in [1.82, 2.24) is 4.81 Å². The second-order valence-electron chi connectivity index (χ2n) is 3.68. The summed E-state index contributed by atoms with van der Waals surface area (Å²) in [5.74, 6) is 0. The summed E-state index contributed by atoms with van der Waals surface area (Å²) in [6.07, 6.45) is 4.24. The van der Waals surface area contributed by atoms with Gasteiger partial charge < -0.3 is 4.81 Å². The summed E-state index contributed by atoms with van der Waals surface area (Å²) in [7, 11) is 0. The minimum Gasteiger partial charge on any atom is -0.340 e. The molecule has 1 aliphatic rings. The maximum Gasteiger partial charge on any atom is 0.220 e. The first kappa shape index (κ1) is 8.12. The van der Waals surface area contributed by atoms with Crippen LogP contribution in [-0.4, -0.2) is 24.2 Å². The molecule has 0 N–H and O–H groups in total. The van der Waals surface area contributed by atoms with E-state index in [9.17, 15) is 0 Å². The van der Waals surface area contributed by atoms with Crippen LogP contribution in [0.5, 0.6) is 0 Å². The Labute approximate surface area is 64.9 Å². The molecule has 58 valence electrons. The average Bonchev–Trinajstić information content (AvgIpc) is 1.88. The van der Waals surface area contributed by atoms with Crippen LogP contribution in [0.2, 0.25) is 13.1 Å². The summed E-state index contributed by atoms with van der Waals surface area (Å²) in [6, 6.07) is 0.746. The first-order chi connectivity index (χ1) is 4.72. The lowest BCUT2D eigenvalue weighted by Gasteiger charge is -2.34. The Balaban J connectivity index is 2.40. The minimum atomic E-state index is 0.746. The van der Waals surface area contributed by atoms with Crippen LogP contribution >= 0.6 is 0 Å². The van der Waals surface area contributed by atoms with Crippen LogP contribution in [-0.2, 0) is 0 Å². The molecule has 0 spiro atoms. The summed E-state index contributed by atoms with van der Waals surface area (Å²) < 4.78 is 0. The van der Waals surface area contributed by atoms with Gasteiger partial charge in [-0.1, -0.05) is 33.4 Å². The van der Waals surface area contributed by atoms with Gasteiger partial charge in [0.25, 0.3) is 0 Å². The minimum absolute atomic E-state index is 0.746. The molecule has 1 saturated heterocycles. The maximum atomic E-state index is 2.60. The Morgan fingerprint density at radius 1 is 1.30 bits per heavy atom. The molecular formula is C8H18BN. The summed E-state index contributed by atoms with van der Waals surface area (Å²) in [4.78, 5) is 2.60.